The number of benzene rings is 2. The molecule has 58 heavy (non-hydrogen) atoms. The van der Waals surface area contributed by atoms with Crippen LogP contribution in [-0.2, 0) is 44.9 Å². The van der Waals surface area contributed by atoms with Crippen LogP contribution in [0.2, 0.25) is 0 Å². The van der Waals surface area contributed by atoms with E-state index in [1.54, 1.807) is 46.7 Å². The molecule has 4 heterocycles. The van der Waals surface area contributed by atoms with Gasteiger partial charge in [-0.3, -0.25) is 19.8 Å². The third kappa shape index (κ3) is 11.2. The van der Waals surface area contributed by atoms with Crippen molar-refractivity contribution in [3.63, 3.8) is 0 Å². The highest BCUT2D eigenvalue weighted by Gasteiger charge is 2.37. The Kier molecular flexibility index (Phi) is 14.4. The summed E-state index contributed by atoms with van der Waals surface area (Å²) in [6.07, 6.45) is 8.28. The zero-order valence-corrected chi connectivity index (χ0v) is 37.3. The van der Waals surface area contributed by atoms with Gasteiger partial charge in [0, 0.05) is 33.7 Å². The number of aryl methyl sites for hydroxylation is 2. The minimum atomic E-state index is -0.571. The molecule has 4 aromatic rings. The molecule has 0 radical (unpaired) electrons. The number of hydrogen-bond acceptors (Lipinski definition) is 10. The number of halogens is 2. The summed E-state index contributed by atoms with van der Waals surface area (Å²) in [4.78, 5) is 61.7. The lowest BCUT2D eigenvalue weighted by Gasteiger charge is -2.29. The standard InChI is InChI=1S/2C22H25BrN2O4/c2*1-22(2,3)29-21(27)25-13-15-11-16(23)6-7-17(15)19(25)8-5-14-12-24-10-9-18(14)20(26)28-4/h2*6-7,9-12,19H,5,8,13H2,1-4H3/t2*19-/m10/s1. The highest BCUT2D eigenvalue weighted by Crippen LogP contribution is 2.40. The Morgan fingerprint density at radius 2 is 1.02 bits per heavy atom. The summed E-state index contributed by atoms with van der Waals surface area (Å²) in [7, 11) is 2.73. The molecular weight excluding hydrogens is 872 g/mol. The van der Waals surface area contributed by atoms with E-state index in [1.807, 2.05) is 77.9 Å². The Bertz CT molecular complexity index is 2000. The average molecular weight is 923 g/mol. The van der Waals surface area contributed by atoms with Gasteiger partial charge in [-0.15, -0.1) is 0 Å². The van der Waals surface area contributed by atoms with Crippen molar-refractivity contribution in [3.8, 4) is 0 Å². The van der Waals surface area contributed by atoms with Gasteiger partial charge in [0.15, 0.2) is 0 Å². The van der Waals surface area contributed by atoms with Crippen molar-refractivity contribution in [1.29, 1.82) is 0 Å². The first-order valence-electron chi connectivity index (χ1n) is 19.0. The quantitative estimate of drug-likeness (QED) is 0.124. The second-order valence-corrected chi connectivity index (χ2v) is 17.9. The average Bonchev–Trinajstić information content (AvgIpc) is 3.72. The Balaban J connectivity index is 0.000000221. The van der Waals surface area contributed by atoms with Crippen LogP contribution in [0.15, 0.2) is 82.3 Å². The molecule has 0 bridgehead atoms. The molecule has 0 N–H and O–H groups in total. The van der Waals surface area contributed by atoms with E-state index in [1.165, 1.54) is 14.2 Å². The molecule has 12 nitrogen and oxygen atoms in total. The van der Waals surface area contributed by atoms with E-state index in [9.17, 15) is 19.2 Å². The van der Waals surface area contributed by atoms with Gasteiger partial charge in [-0.1, -0.05) is 44.0 Å². The van der Waals surface area contributed by atoms with Gasteiger partial charge in [0.05, 0.1) is 50.5 Å². The summed E-state index contributed by atoms with van der Waals surface area (Å²) < 4.78 is 23.0. The van der Waals surface area contributed by atoms with Gasteiger partial charge in [0.2, 0.25) is 0 Å². The molecule has 0 spiro atoms. The van der Waals surface area contributed by atoms with Gasteiger partial charge in [-0.2, -0.15) is 0 Å². The highest BCUT2D eigenvalue weighted by molar-refractivity contribution is 9.10. The molecule has 2 amide bonds. The fourth-order valence-electron chi connectivity index (χ4n) is 7.10. The van der Waals surface area contributed by atoms with Gasteiger partial charge >= 0.3 is 24.1 Å². The molecule has 0 saturated carbocycles. The van der Waals surface area contributed by atoms with E-state index in [0.29, 0.717) is 49.9 Å². The number of hydrogen-bond donors (Lipinski definition) is 0. The predicted octanol–water partition coefficient (Wildman–Crippen LogP) is 10.1. The lowest BCUT2D eigenvalue weighted by molar-refractivity contribution is 0.0154. The fraction of sp³-hybridized carbons (Fsp3) is 0.409. The summed E-state index contributed by atoms with van der Waals surface area (Å²) in [5.74, 6) is -0.774. The highest BCUT2D eigenvalue weighted by atomic mass is 79.9. The molecule has 0 aliphatic carbocycles. The third-order valence-electron chi connectivity index (χ3n) is 9.61. The number of carbonyl (C=O) groups is 4. The summed E-state index contributed by atoms with van der Waals surface area (Å²) in [5, 5.41) is 0. The first-order chi connectivity index (χ1) is 27.4. The number of amides is 2. The van der Waals surface area contributed by atoms with Gasteiger partial charge in [-0.25, -0.2) is 19.2 Å². The normalized spacial score (nSPS) is 15.8. The number of ether oxygens (including phenoxy) is 4. The van der Waals surface area contributed by atoms with Crippen LogP contribution in [0.1, 0.15) is 121 Å². The molecule has 0 unspecified atom stereocenters. The predicted molar refractivity (Wildman–Crippen MR) is 225 cm³/mol. The van der Waals surface area contributed by atoms with E-state index in [0.717, 1.165) is 42.3 Å². The summed E-state index contributed by atoms with van der Waals surface area (Å²) in [6.45, 7) is 12.1. The second-order valence-electron chi connectivity index (χ2n) is 16.1. The Morgan fingerprint density at radius 3 is 1.36 bits per heavy atom. The third-order valence-corrected chi connectivity index (χ3v) is 10.6. The van der Waals surface area contributed by atoms with Crippen LogP contribution in [0, 0.1) is 0 Å². The van der Waals surface area contributed by atoms with Crippen LogP contribution >= 0.6 is 31.9 Å². The van der Waals surface area contributed by atoms with Crippen LogP contribution < -0.4 is 0 Å². The fourth-order valence-corrected chi connectivity index (χ4v) is 7.92. The van der Waals surface area contributed by atoms with Crippen molar-refractivity contribution < 1.29 is 38.1 Å². The maximum Gasteiger partial charge on any atom is 0.411 e. The molecular formula is C44H50Br2N4O8. The first-order valence-corrected chi connectivity index (χ1v) is 20.6. The van der Waals surface area contributed by atoms with E-state index in [2.05, 4.69) is 41.8 Å². The van der Waals surface area contributed by atoms with Crippen molar-refractivity contribution in [3.05, 3.63) is 127 Å². The van der Waals surface area contributed by atoms with Crippen molar-refractivity contribution in [1.82, 2.24) is 19.8 Å². The minimum Gasteiger partial charge on any atom is -0.465 e. The van der Waals surface area contributed by atoms with E-state index in [4.69, 9.17) is 18.9 Å². The molecule has 2 atom stereocenters. The van der Waals surface area contributed by atoms with Crippen molar-refractivity contribution in [2.24, 2.45) is 0 Å². The largest absolute Gasteiger partial charge is 0.465 e. The molecule has 0 fully saturated rings. The SMILES string of the molecule is COC(=O)c1ccncc1CC[C@@H]1c2ccc(Br)cc2CN1C(=O)OC(C)(C)C.COC(=O)c1ccncc1CC[C@H]1c2ccc(Br)cc2CN1C(=O)OC(C)(C)C. The number of fused-ring (bicyclic) bond motifs is 2. The number of rotatable bonds is 8. The maximum absolute atomic E-state index is 12.9. The van der Waals surface area contributed by atoms with Crippen LogP contribution in [0.3, 0.4) is 0 Å². The zero-order valence-electron chi connectivity index (χ0n) is 34.1. The number of pyridine rings is 2. The lowest BCUT2D eigenvalue weighted by atomic mass is 9.97. The summed E-state index contributed by atoms with van der Waals surface area (Å²) >= 11 is 7.01. The lowest BCUT2D eigenvalue weighted by Crippen LogP contribution is -2.36. The molecule has 308 valence electrons. The number of nitrogens with zero attached hydrogens (tertiary/aromatic N) is 4. The Hall–Kier alpha value is -4.82. The molecule has 0 saturated heterocycles. The maximum atomic E-state index is 12.9. The van der Waals surface area contributed by atoms with Crippen LogP contribution in [0.4, 0.5) is 9.59 Å². The summed E-state index contributed by atoms with van der Waals surface area (Å²) in [5.41, 5.74) is 5.84. The molecule has 2 aromatic heterocycles. The van der Waals surface area contributed by atoms with Crippen molar-refractivity contribution >= 4 is 56.0 Å². The molecule has 2 aromatic carbocycles. The topological polar surface area (TPSA) is 137 Å². The van der Waals surface area contributed by atoms with Gasteiger partial charge in [0.25, 0.3) is 0 Å². The zero-order chi connectivity index (χ0) is 42.4. The van der Waals surface area contributed by atoms with Crippen molar-refractivity contribution in [2.75, 3.05) is 14.2 Å². The molecule has 2 aliphatic rings. The number of methoxy groups -OCH3 is 2. The van der Waals surface area contributed by atoms with Gasteiger partial charge in [0.1, 0.15) is 11.2 Å². The van der Waals surface area contributed by atoms with Gasteiger partial charge < -0.3 is 18.9 Å². The van der Waals surface area contributed by atoms with E-state index in [-0.39, 0.29) is 36.2 Å². The van der Waals surface area contributed by atoms with E-state index >= 15 is 0 Å². The second kappa shape index (κ2) is 18.8. The number of aromatic nitrogens is 2. The van der Waals surface area contributed by atoms with Crippen molar-refractivity contribution in [2.45, 2.75) is 104 Å². The summed E-state index contributed by atoms with van der Waals surface area (Å²) in [6, 6.07) is 15.2. The van der Waals surface area contributed by atoms with Gasteiger partial charge in [-0.05, 0) is 137 Å². The number of carbonyl (C=O) groups excluding carboxylic acids is 4. The Labute approximate surface area is 356 Å². The molecule has 6 rings (SSSR count). The monoisotopic (exact) mass is 920 g/mol. The Morgan fingerprint density at radius 1 is 0.638 bits per heavy atom. The van der Waals surface area contributed by atoms with Crippen LogP contribution in [0.5, 0.6) is 0 Å². The smallest absolute Gasteiger partial charge is 0.411 e. The van der Waals surface area contributed by atoms with Crippen LogP contribution in [0.25, 0.3) is 0 Å². The minimum absolute atomic E-state index is 0.140. The van der Waals surface area contributed by atoms with E-state index < -0.39 is 11.2 Å². The molecule has 14 heteroatoms. The molecule has 2 aliphatic heterocycles. The first kappa shape index (κ1) is 44.3. The number of esters is 2. The van der Waals surface area contributed by atoms with Crippen LogP contribution in [-0.4, -0.2) is 69.3 Å².